The normalized spacial score (nSPS) is 21.6. The summed E-state index contributed by atoms with van der Waals surface area (Å²) >= 11 is 0. The molecule has 220 valence electrons. The SMILES string of the molecule is Cc1ccc(S(=O)(=O)Nc2ccc3c(c2)CC(=O)N([C@@H](C)CO)C[C@H](C)[C@@H](CN(C)CC2CCCCC2)O3)cc1. The Balaban J connectivity index is 1.60. The highest BCUT2D eigenvalue weighted by Gasteiger charge is 2.31. The molecule has 0 spiro atoms. The molecule has 0 saturated heterocycles. The number of fused-ring (bicyclic) bond motifs is 1. The lowest BCUT2D eigenvalue weighted by Gasteiger charge is -2.35. The van der Waals surface area contributed by atoms with Gasteiger partial charge in [-0.1, -0.05) is 43.9 Å². The number of rotatable bonds is 9. The van der Waals surface area contributed by atoms with Crippen molar-refractivity contribution in [3.63, 3.8) is 0 Å². The lowest BCUT2D eigenvalue weighted by atomic mass is 9.89. The van der Waals surface area contributed by atoms with Crippen molar-refractivity contribution in [3.05, 3.63) is 53.6 Å². The number of hydrogen-bond acceptors (Lipinski definition) is 6. The van der Waals surface area contributed by atoms with Crippen LogP contribution in [0.2, 0.25) is 0 Å². The minimum Gasteiger partial charge on any atom is -0.488 e. The molecule has 2 aromatic rings. The highest BCUT2D eigenvalue weighted by atomic mass is 32.2. The monoisotopic (exact) mass is 571 g/mol. The molecule has 0 radical (unpaired) electrons. The number of amides is 1. The van der Waals surface area contributed by atoms with Gasteiger partial charge < -0.3 is 19.6 Å². The average molecular weight is 572 g/mol. The van der Waals surface area contributed by atoms with Crippen molar-refractivity contribution in [1.82, 2.24) is 9.80 Å². The first kappa shape index (κ1) is 30.3. The minimum atomic E-state index is -3.80. The molecule has 3 atom stereocenters. The number of benzene rings is 2. The van der Waals surface area contributed by atoms with E-state index in [-0.39, 0.29) is 41.9 Å². The number of nitrogens with one attached hydrogen (secondary N) is 1. The van der Waals surface area contributed by atoms with Crippen molar-refractivity contribution in [1.29, 1.82) is 0 Å². The molecule has 4 rings (SSSR count). The van der Waals surface area contributed by atoms with Gasteiger partial charge in [-0.3, -0.25) is 9.52 Å². The highest BCUT2D eigenvalue weighted by Crippen LogP contribution is 2.31. The second kappa shape index (κ2) is 13.4. The molecule has 0 unspecified atom stereocenters. The van der Waals surface area contributed by atoms with Crippen molar-refractivity contribution in [3.8, 4) is 5.75 Å². The van der Waals surface area contributed by atoms with Crippen molar-refractivity contribution in [2.24, 2.45) is 11.8 Å². The van der Waals surface area contributed by atoms with E-state index in [9.17, 15) is 18.3 Å². The number of aliphatic hydroxyl groups excluding tert-OH is 1. The molecule has 2 aromatic carbocycles. The van der Waals surface area contributed by atoms with E-state index < -0.39 is 10.0 Å². The topological polar surface area (TPSA) is 99.2 Å². The van der Waals surface area contributed by atoms with Gasteiger partial charge in [0.25, 0.3) is 10.0 Å². The molecule has 1 amide bonds. The summed E-state index contributed by atoms with van der Waals surface area (Å²) in [4.78, 5) is 17.7. The van der Waals surface area contributed by atoms with Crippen molar-refractivity contribution in [2.75, 3.05) is 38.0 Å². The Morgan fingerprint density at radius 1 is 1.10 bits per heavy atom. The average Bonchev–Trinajstić information content (AvgIpc) is 2.96. The van der Waals surface area contributed by atoms with E-state index in [0.29, 0.717) is 36.0 Å². The summed E-state index contributed by atoms with van der Waals surface area (Å²) in [7, 11) is -1.66. The number of likely N-dealkylation sites (N-methyl/N-ethyl adjacent to an activating group) is 1. The quantitative estimate of drug-likeness (QED) is 0.461. The molecule has 0 aromatic heterocycles. The van der Waals surface area contributed by atoms with Gasteiger partial charge in [0.15, 0.2) is 0 Å². The molecule has 8 nitrogen and oxygen atoms in total. The maximum atomic E-state index is 13.5. The number of hydrogen-bond donors (Lipinski definition) is 2. The Morgan fingerprint density at radius 3 is 2.48 bits per heavy atom. The van der Waals surface area contributed by atoms with Crippen LogP contribution in [0.3, 0.4) is 0 Å². The standard InChI is InChI=1S/C31H45N3O5S/c1-22-10-13-28(14-11-22)40(37,38)32-27-12-15-29-26(16-27)17-31(36)34(24(3)21-35)18-23(2)30(39-29)20-33(4)19-25-8-6-5-7-9-25/h10-16,23-25,30,32,35H,5-9,17-21H2,1-4H3/t23-,24-,30+/m0/s1. The van der Waals surface area contributed by atoms with Gasteiger partial charge in [0.1, 0.15) is 11.9 Å². The number of aryl methyl sites for hydroxylation is 1. The Labute approximate surface area is 239 Å². The summed E-state index contributed by atoms with van der Waals surface area (Å²) < 4.78 is 35.3. The second-order valence-electron chi connectivity index (χ2n) is 11.9. The largest absolute Gasteiger partial charge is 0.488 e. The van der Waals surface area contributed by atoms with Gasteiger partial charge in [-0.2, -0.15) is 0 Å². The molecule has 0 bridgehead atoms. The van der Waals surface area contributed by atoms with E-state index in [1.165, 1.54) is 32.1 Å². The van der Waals surface area contributed by atoms with Gasteiger partial charge in [0, 0.05) is 36.8 Å². The molecule has 1 fully saturated rings. The summed E-state index contributed by atoms with van der Waals surface area (Å²) in [6.45, 7) is 7.93. The number of ether oxygens (including phenoxy) is 1. The van der Waals surface area contributed by atoms with Crippen LogP contribution in [0.4, 0.5) is 5.69 Å². The van der Waals surface area contributed by atoms with Crippen LogP contribution in [0.15, 0.2) is 47.4 Å². The summed E-state index contributed by atoms with van der Waals surface area (Å²) in [6, 6.07) is 11.5. The fraction of sp³-hybridized carbons (Fsp3) is 0.581. The third-order valence-corrected chi connectivity index (χ3v) is 9.68. The van der Waals surface area contributed by atoms with E-state index in [0.717, 1.165) is 12.1 Å². The first-order valence-corrected chi connectivity index (χ1v) is 16.0. The van der Waals surface area contributed by atoms with Crippen LogP contribution in [0.1, 0.15) is 57.1 Å². The fourth-order valence-corrected chi connectivity index (χ4v) is 6.88. The molecule has 1 aliphatic carbocycles. The molecule has 9 heteroatoms. The van der Waals surface area contributed by atoms with Crippen molar-refractivity contribution in [2.45, 2.75) is 76.3 Å². The number of aliphatic hydroxyl groups is 1. The molecule has 1 saturated carbocycles. The van der Waals surface area contributed by atoms with Crippen LogP contribution in [0.5, 0.6) is 5.75 Å². The van der Waals surface area contributed by atoms with Crippen molar-refractivity contribution < 1.29 is 23.1 Å². The van der Waals surface area contributed by atoms with E-state index in [4.69, 9.17) is 4.74 Å². The van der Waals surface area contributed by atoms with Gasteiger partial charge in [-0.25, -0.2) is 8.42 Å². The zero-order valence-electron chi connectivity index (χ0n) is 24.3. The molecular weight excluding hydrogens is 526 g/mol. The van der Waals surface area contributed by atoms with Crippen molar-refractivity contribution >= 4 is 21.6 Å². The lowest BCUT2D eigenvalue weighted by molar-refractivity contribution is -0.134. The summed E-state index contributed by atoms with van der Waals surface area (Å²) in [5.74, 6) is 1.20. The summed E-state index contributed by atoms with van der Waals surface area (Å²) in [5, 5.41) is 9.90. The van der Waals surface area contributed by atoms with E-state index in [1.807, 2.05) is 13.8 Å². The molecular formula is C31H45N3O5S. The third-order valence-electron chi connectivity index (χ3n) is 8.29. The number of carbonyl (C=O) groups is 1. The van der Waals surface area contributed by atoms with E-state index >= 15 is 0 Å². The predicted octanol–water partition coefficient (Wildman–Crippen LogP) is 4.46. The zero-order valence-corrected chi connectivity index (χ0v) is 25.1. The second-order valence-corrected chi connectivity index (χ2v) is 13.5. The molecule has 1 heterocycles. The molecule has 2 N–H and O–H groups in total. The Morgan fingerprint density at radius 2 is 1.80 bits per heavy atom. The highest BCUT2D eigenvalue weighted by molar-refractivity contribution is 7.92. The minimum absolute atomic E-state index is 0.0254. The lowest BCUT2D eigenvalue weighted by Crippen LogP contribution is -2.48. The number of nitrogens with zero attached hydrogens (tertiary/aromatic N) is 2. The van der Waals surface area contributed by atoms with E-state index in [2.05, 4.69) is 23.6 Å². The zero-order chi connectivity index (χ0) is 28.9. The molecule has 1 aliphatic heterocycles. The Hall–Kier alpha value is -2.62. The first-order chi connectivity index (χ1) is 19.1. The number of sulfonamides is 1. The van der Waals surface area contributed by atoms with Crippen LogP contribution in [-0.4, -0.2) is 74.7 Å². The number of anilines is 1. The van der Waals surface area contributed by atoms with Gasteiger partial charge in [0.05, 0.1) is 24.0 Å². The smallest absolute Gasteiger partial charge is 0.261 e. The number of carbonyl (C=O) groups excluding carboxylic acids is 1. The van der Waals surface area contributed by atoms with E-state index in [1.54, 1.807) is 47.4 Å². The Bertz CT molecular complexity index is 1240. The van der Waals surface area contributed by atoms with Crippen LogP contribution in [-0.2, 0) is 21.2 Å². The van der Waals surface area contributed by atoms with Gasteiger partial charge in [-0.05, 0) is 70.0 Å². The van der Waals surface area contributed by atoms with Crippen LogP contribution < -0.4 is 9.46 Å². The van der Waals surface area contributed by atoms with Crippen LogP contribution in [0.25, 0.3) is 0 Å². The molecule has 40 heavy (non-hydrogen) atoms. The van der Waals surface area contributed by atoms with Crippen LogP contribution >= 0.6 is 0 Å². The predicted molar refractivity (Wildman–Crippen MR) is 158 cm³/mol. The Kier molecular flexibility index (Phi) is 10.1. The van der Waals surface area contributed by atoms with Gasteiger partial charge >= 0.3 is 0 Å². The maximum absolute atomic E-state index is 13.5. The first-order valence-electron chi connectivity index (χ1n) is 14.5. The van der Waals surface area contributed by atoms with Crippen LogP contribution in [0, 0.1) is 18.8 Å². The molecule has 2 aliphatic rings. The maximum Gasteiger partial charge on any atom is 0.261 e. The van der Waals surface area contributed by atoms with Gasteiger partial charge in [-0.15, -0.1) is 0 Å². The third kappa shape index (κ3) is 7.77. The summed E-state index contributed by atoms with van der Waals surface area (Å²) in [6.07, 6.45) is 6.34. The van der Waals surface area contributed by atoms with Gasteiger partial charge in [0.2, 0.25) is 5.91 Å². The summed E-state index contributed by atoms with van der Waals surface area (Å²) in [5.41, 5.74) is 1.97. The fourth-order valence-electron chi connectivity index (χ4n) is 5.83.